The van der Waals surface area contributed by atoms with Crippen molar-refractivity contribution in [2.45, 2.75) is 38.3 Å². The molecule has 0 saturated carbocycles. The Hall–Kier alpha value is -1.43. The Morgan fingerprint density at radius 3 is 3.18 bits per heavy atom. The van der Waals surface area contributed by atoms with Gasteiger partial charge in [0.05, 0.1) is 12.7 Å². The number of amides is 1. The standard InChI is InChI=1S/C11H19N5O/c17-11(4-7-16-8-6-14-15-16)13-9-10-3-1-2-5-12-10/h6,8,10,12H,1-5,7,9H2,(H,13,17). The van der Waals surface area contributed by atoms with Crippen LogP contribution in [0.3, 0.4) is 0 Å². The molecule has 1 aliphatic rings. The van der Waals surface area contributed by atoms with Gasteiger partial charge in [0.1, 0.15) is 0 Å². The van der Waals surface area contributed by atoms with Crippen LogP contribution in [0.5, 0.6) is 0 Å². The lowest BCUT2D eigenvalue weighted by atomic mass is 10.1. The first-order valence-electron chi connectivity index (χ1n) is 6.19. The number of piperidine rings is 1. The maximum Gasteiger partial charge on any atom is 0.221 e. The molecule has 1 aliphatic heterocycles. The SMILES string of the molecule is O=C(CCn1ccnn1)NCC1CCCCN1. The second-order valence-corrected chi connectivity index (χ2v) is 4.37. The topological polar surface area (TPSA) is 71.8 Å². The van der Waals surface area contributed by atoms with Crippen molar-refractivity contribution in [3.8, 4) is 0 Å². The van der Waals surface area contributed by atoms with Crippen LogP contribution in [0.2, 0.25) is 0 Å². The van der Waals surface area contributed by atoms with Crippen LogP contribution in [0.15, 0.2) is 12.4 Å². The van der Waals surface area contributed by atoms with Crippen molar-refractivity contribution < 1.29 is 4.79 Å². The molecule has 2 heterocycles. The van der Waals surface area contributed by atoms with E-state index in [2.05, 4.69) is 20.9 Å². The van der Waals surface area contributed by atoms with Crippen LogP contribution in [0.25, 0.3) is 0 Å². The van der Waals surface area contributed by atoms with Crippen molar-refractivity contribution in [3.63, 3.8) is 0 Å². The number of hydrogen-bond donors (Lipinski definition) is 2. The van der Waals surface area contributed by atoms with Crippen molar-refractivity contribution in [1.29, 1.82) is 0 Å². The molecule has 0 aromatic carbocycles. The zero-order valence-corrected chi connectivity index (χ0v) is 9.93. The lowest BCUT2D eigenvalue weighted by Crippen LogP contribution is -2.43. The fraction of sp³-hybridized carbons (Fsp3) is 0.727. The molecule has 0 spiro atoms. The van der Waals surface area contributed by atoms with E-state index in [1.807, 2.05) is 0 Å². The smallest absolute Gasteiger partial charge is 0.221 e. The molecule has 2 rings (SSSR count). The summed E-state index contributed by atoms with van der Waals surface area (Å²) in [7, 11) is 0. The predicted molar refractivity (Wildman–Crippen MR) is 63.3 cm³/mol. The number of carbonyl (C=O) groups excluding carboxylic acids is 1. The molecule has 1 fully saturated rings. The molecule has 1 aromatic heterocycles. The summed E-state index contributed by atoms with van der Waals surface area (Å²) in [6.07, 6.45) is 7.49. The number of nitrogens with one attached hydrogen (secondary N) is 2. The number of rotatable bonds is 5. The quantitative estimate of drug-likeness (QED) is 0.752. The highest BCUT2D eigenvalue weighted by atomic mass is 16.1. The van der Waals surface area contributed by atoms with Gasteiger partial charge in [-0.1, -0.05) is 11.6 Å². The first kappa shape index (κ1) is 12.0. The second kappa shape index (κ2) is 6.34. The van der Waals surface area contributed by atoms with Gasteiger partial charge in [0.25, 0.3) is 0 Å². The fourth-order valence-corrected chi connectivity index (χ4v) is 1.99. The van der Waals surface area contributed by atoms with Crippen LogP contribution in [-0.4, -0.2) is 40.0 Å². The third-order valence-electron chi connectivity index (χ3n) is 3.00. The van der Waals surface area contributed by atoms with E-state index < -0.39 is 0 Å². The molecule has 6 heteroatoms. The fourth-order valence-electron chi connectivity index (χ4n) is 1.99. The average Bonchev–Trinajstić information content (AvgIpc) is 2.88. The predicted octanol–water partition coefficient (Wildman–Crippen LogP) is -0.0735. The van der Waals surface area contributed by atoms with Crippen molar-refractivity contribution >= 4 is 5.91 Å². The highest BCUT2D eigenvalue weighted by molar-refractivity contribution is 5.75. The Kier molecular flexibility index (Phi) is 4.49. The summed E-state index contributed by atoms with van der Waals surface area (Å²) < 4.78 is 1.67. The normalized spacial score (nSPS) is 20.1. The molecule has 1 saturated heterocycles. The molecule has 6 nitrogen and oxygen atoms in total. The zero-order chi connectivity index (χ0) is 11.9. The monoisotopic (exact) mass is 237 g/mol. The van der Waals surface area contributed by atoms with Gasteiger partial charge in [0.2, 0.25) is 5.91 Å². The number of aromatic nitrogens is 3. The van der Waals surface area contributed by atoms with E-state index in [9.17, 15) is 4.79 Å². The lowest BCUT2D eigenvalue weighted by Gasteiger charge is -2.23. The van der Waals surface area contributed by atoms with E-state index in [1.165, 1.54) is 12.8 Å². The molecule has 1 amide bonds. The van der Waals surface area contributed by atoms with E-state index in [0.29, 0.717) is 19.0 Å². The molecule has 1 unspecified atom stereocenters. The summed E-state index contributed by atoms with van der Waals surface area (Å²) in [6.45, 7) is 2.39. The van der Waals surface area contributed by atoms with Gasteiger partial charge < -0.3 is 10.6 Å². The van der Waals surface area contributed by atoms with Gasteiger partial charge in [-0.3, -0.25) is 9.48 Å². The number of nitrogens with zero attached hydrogens (tertiary/aromatic N) is 3. The van der Waals surface area contributed by atoms with Crippen LogP contribution in [0.1, 0.15) is 25.7 Å². The average molecular weight is 237 g/mol. The molecular formula is C11H19N5O. The van der Waals surface area contributed by atoms with E-state index >= 15 is 0 Å². The summed E-state index contributed by atoms with van der Waals surface area (Å²) in [4.78, 5) is 11.6. The van der Waals surface area contributed by atoms with Gasteiger partial charge in [0.15, 0.2) is 0 Å². The highest BCUT2D eigenvalue weighted by Crippen LogP contribution is 2.05. The minimum Gasteiger partial charge on any atom is -0.354 e. The number of aryl methyl sites for hydroxylation is 1. The molecule has 1 aromatic rings. The van der Waals surface area contributed by atoms with Gasteiger partial charge in [-0.15, -0.1) is 5.10 Å². The largest absolute Gasteiger partial charge is 0.354 e. The first-order chi connectivity index (χ1) is 8.34. The van der Waals surface area contributed by atoms with Gasteiger partial charge in [-0.2, -0.15) is 0 Å². The van der Waals surface area contributed by atoms with Crippen molar-refractivity contribution in [2.75, 3.05) is 13.1 Å². The maximum atomic E-state index is 11.6. The maximum absolute atomic E-state index is 11.6. The third-order valence-corrected chi connectivity index (χ3v) is 3.00. The second-order valence-electron chi connectivity index (χ2n) is 4.37. The molecule has 1 atom stereocenters. The lowest BCUT2D eigenvalue weighted by molar-refractivity contribution is -0.121. The number of carbonyl (C=O) groups is 1. The summed E-state index contributed by atoms with van der Waals surface area (Å²) >= 11 is 0. The van der Waals surface area contributed by atoms with Gasteiger partial charge in [-0.25, -0.2) is 0 Å². The molecule has 0 radical (unpaired) electrons. The minimum absolute atomic E-state index is 0.0767. The molecular weight excluding hydrogens is 218 g/mol. The third kappa shape index (κ3) is 4.14. The molecule has 94 valence electrons. The van der Waals surface area contributed by atoms with E-state index in [0.717, 1.165) is 19.5 Å². The Balaban J connectivity index is 1.60. The first-order valence-corrected chi connectivity index (χ1v) is 6.19. The van der Waals surface area contributed by atoms with Gasteiger partial charge >= 0.3 is 0 Å². The van der Waals surface area contributed by atoms with Crippen molar-refractivity contribution in [1.82, 2.24) is 25.6 Å². The van der Waals surface area contributed by atoms with Crippen molar-refractivity contribution in [2.24, 2.45) is 0 Å². The summed E-state index contributed by atoms with van der Waals surface area (Å²) in [5.74, 6) is 0.0767. The molecule has 2 N–H and O–H groups in total. The summed E-state index contributed by atoms with van der Waals surface area (Å²) in [5.41, 5.74) is 0. The van der Waals surface area contributed by atoms with E-state index in [1.54, 1.807) is 17.1 Å². The van der Waals surface area contributed by atoms with Crippen LogP contribution in [0, 0.1) is 0 Å². The molecule has 0 aliphatic carbocycles. The van der Waals surface area contributed by atoms with Crippen LogP contribution >= 0.6 is 0 Å². The Labute approximate surface area is 101 Å². The van der Waals surface area contributed by atoms with E-state index in [4.69, 9.17) is 0 Å². The highest BCUT2D eigenvalue weighted by Gasteiger charge is 2.13. The van der Waals surface area contributed by atoms with Gasteiger partial charge in [-0.05, 0) is 19.4 Å². The van der Waals surface area contributed by atoms with Crippen LogP contribution in [-0.2, 0) is 11.3 Å². The summed E-state index contributed by atoms with van der Waals surface area (Å²) in [6, 6.07) is 0.444. The molecule has 0 bridgehead atoms. The zero-order valence-electron chi connectivity index (χ0n) is 9.93. The Bertz CT molecular complexity index is 332. The summed E-state index contributed by atoms with van der Waals surface area (Å²) in [5, 5.41) is 13.9. The van der Waals surface area contributed by atoms with E-state index in [-0.39, 0.29) is 5.91 Å². The van der Waals surface area contributed by atoms with Crippen LogP contribution < -0.4 is 10.6 Å². The van der Waals surface area contributed by atoms with Crippen molar-refractivity contribution in [3.05, 3.63) is 12.4 Å². The minimum atomic E-state index is 0.0767. The number of hydrogen-bond acceptors (Lipinski definition) is 4. The van der Waals surface area contributed by atoms with Crippen LogP contribution in [0.4, 0.5) is 0 Å². The Morgan fingerprint density at radius 1 is 1.53 bits per heavy atom. The Morgan fingerprint density at radius 2 is 2.47 bits per heavy atom. The molecule has 17 heavy (non-hydrogen) atoms. The van der Waals surface area contributed by atoms with Gasteiger partial charge in [0, 0.05) is 25.2 Å².